The fourth-order valence-corrected chi connectivity index (χ4v) is 3.58. The third-order valence-corrected chi connectivity index (χ3v) is 5.90. The first-order valence-electron chi connectivity index (χ1n) is 10.2. The number of hydrogen-bond donors (Lipinski definition) is 2. The van der Waals surface area contributed by atoms with E-state index in [0.29, 0.717) is 17.2 Å². The minimum absolute atomic E-state index is 0.209. The van der Waals surface area contributed by atoms with E-state index in [0.717, 1.165) is 15.7 Å². The Hall–Kier alpha value is -2.62. The number of benzodiazepines with no additional fused rings is 1. The third-order valence-electron chi connectivity index (χ3n) is 5.41. The number of benzene rings is 1. The Balaban J connectivity index is 2.15. The first-order valence-corrected chi connectivity index (χ1v) is 11.0. The monoisotopic (exact) mass is 502 g/mol. The molecule has 0 aliphatic carbocycles. The van der Waals surface area contributed by atoms with Crippen LogP contribution in [-0.2, 0) is 14.3 Å². The second-order valence-electron chi connectivity index (χ2n) is 7.74. The summed E-state index contributed by atoms with van der Waals surface area (Å²) in [6.07, 6.45) is 1.98. The van der Waals surface area contributed by atoms with Crippen LogP contribution < -0.4 is 5.32 Å². The van der Waals surface area contributed by atoms with Crippen LogP contribution in [-0.4, -0.2) is 60.2 Å². The molecule has 1 aromatic carbocycles. The molecule has 2 N–H and O–H groups in total. The number of rotatable bonds is 8. The maximum absolute atomic E-state index is 11.6. The average molecular weight is 503 g/mol. The van der Waals surface area contributed by atoms with Crippen LogP contribution >= 0.6 is 15.9 Å². The summed E-state index contributed by atoms with van der Waals surface area (Å²) in [7, 11) is 3.11. The molecule has 9 heteroatoms. The number of pyridine rings is 1. The number of nitrogens with one attached hydrogen (secondary N) is 1. The Morgan fingerprint density at radius 3 is 2.69 bits per heavy atom. The number of anilines is 1. The highest BCUT2D eigenvalue weighted by Crippen LogP contribution is 2.29. The van der Waals surface area contributed by atoms with Gasteiger partial charge >= 0.3 is 5.97 Å². The number of aliphatic imine (C=N–C) groups is 2. The predicted octanol–water partition coefficient (Wildman–Crippen LogP) is 3.99. The number of carboxylic acid groups (broad SMARTS) is 1. The maximum atomic E-state index is 11.6. The minimum Gasteiger partial charge on any atom is -0.481 e. The smallest absolute Gasteiger partial charge is 0.306 e. The van der Waals surface area contributed by atoms with Gasteiger partial charge < -0.3 is 19.9 Å². The van der Waals surface area contributed by atoms with Gasteiger partial charge in [0.25, 0.3) is 0 Å². The fourth-order valence-electron chi connectivity index (χ4n) is 3.22. The topological polar surface area (TPSA) is 105 Å². The van der Waals surface area contributed by atoms with Gasteiger partial charge in [0.15, 0.2) is 5.79 Å². The number of nitrogens with zero attached hydrogens (tertiary/aromatic N) is 3. The van der Waals surface area contributed by atoms with Gasteiger partial charge in [-0.25, -0.2) is 0 Å². The molecule has 0 saturated heterocycles. The lowest BCUT2D eigenvalue weighted by Crippen LogP contribution is -2.36. The lowest BCUT2D eigenvalue weighted by molar-refractivity contribution is -0.184. The van der Waals surface area contributed by atoms with Gasteiger partial charge in [-0.1, -0.05) is 28.9 Å². The van der Waals surface area contributed by atoms with Gasteiger partial charge in [0.1, 0.15) is 11.9 Å². The molecular weight excluding hydrogens is 476 g/mol. The number of amidine groups is 1. The minimum atomic E-state index is -0.917. The van der Waals surface area contributed by atoms with Gasteiger partial charge in [0.05, 0.1) is 23.9 Å². The summed E-state index contributed by atoms with van der Waals surface area (Å²) in [5.74, 6) is -1.88. The van der Waals surface area contributed by atoms with E-state index in [1.165, 1.54) is 0 Å². The Morgan fingerprint density at radius 2 is 2.06 bits per heavy atom. The molecule has 2 atom stereocenters. The molecule has 170 valence electrons. The van der Waals surface area contributed by atoms with E-state index in [-0.39, 0.29) is 13.0 Å². The molecule has 32 heavy (non-hydrogen) atoms. The standard InChI is InChI=1S/C23H27BrN4O4/c1-14(22(29)30)11-19-21(26-13-23(2,31-3)32-4)28-17-9-8-15(24)12-16(17)20(27-19)18-7-5-6-10-25-18/h5-10,12,14,19H,11,13H2,1-4H3,(H,26,28)(H,29,30)/t14?,19-/m0/s1. The Kier molecular flexibility index (Phi) is 7.76. The number of aromatic nitrogens is 1. The van der Waals surface area contributed by atoms with Crippen molar-refractivity contribution in [2.45, 2.75) is 32.1 Å². The van der Waals surface area contributed by atoms with Crippen LogP contribution in [0.5, 0.6) is 0 Å². The molecule has 8 nitrogen and oxygen atoms in total. The second kappa shape index (κ2) is 10.3. The molecule has 1 aromatic heterocycles. The lowest BCUT2D eigenvalue weighted by Gasteiger charge is -2.25. The van der Waals surface area contributed by atoms with Crippen molar-refractivity contribution in [3.63, 3.8) is 0 Å². The average Bonchev–Trinajstić information content (AvgIpc) is 2.94. The number of carbonyl (C=O) groups is 1. The number of carboxylic acids is 1. The molecule has 1 aliphatic rings. The summed E-state index contributed by atoms with van der Waals surface area (Å²) in [6, 6.07) is 10.9. The summed E-state index contributed by atoms with van der Waals surface area (Å²) in [5, 5.41) is 12.9. The van der Waals surface area contributed by atoms with Crippen molar-refractivity contribution < 1.29 is 19.4 Å². The predicted molar refractivity (Wildman–Crippen MR) is 128 cm³/mol. The molecule has 0 amide bonds. The zero-order valence-corrected chi connectivity index (χ0v) is 20.1. The lowest BCUT2D eigenvalue weighted by atomic mass is 10.0. The van der Waals surface area contributed by atoms with Crippen molar-refractivity contribution in [3.8, 4) is 0 Å². The zero-order valence-electron chi connectivity index (χ0n) is 18.5. The molecule has 0 fully saturated rings. The first-order chi connectivity index (χ1) is 15.3. The Labute approximate surface area is 195 Å². The van der Waals surface area contributed by atoms with E-state index in [9.17, 15) is 9.90 Å². The van der Waals surface area contributed by atoms with Crippen molar-refractivity contribution in [2.75, 3.05) is 26.1 Å². The summed E-state index contributed by atoms with van der Waals surface area (Å²) in [6.45, 7) is 3.66. The maximum Gasteiger partial charge on any atom is 0.306 e. The van der Waals surface area contributed by atoms with Gasteiger partial charge in [-0.15, -0.1) is 0 Å². The summed E-state index contributed by atoms with van der Waals surface area (Å²) >= 11 is 3.54. The van der Waals surface area contributed by atoms with Gasteiger partial charge in [-0.2, -0.15) is 0 Å². The van der Waals surface area contributed by atoms with Crippen LogP contribution in [0.25, 0.3) is 0 Å². The molecule has 0 bridgehead atoms. The molecule has 1 aliphatic heterocycles. The summed E-state index contributed by atoms with van der Waals surface area (Å²) < 4.78 is 11.8. The number of hydrogen-bond acceptors (Lipinski definition) is 6. The van der Waals surface area contributed by atoms with E-state index < -0.39 is 23.7 Å². The van der Waals surface area contributed by atoms with E-state index in [2.05, 4.69) is 26.2 Å². The highest BCUT2D eigenvalue weighted by molar-refractivity contribution is 9.10. The molecule has 0 radical (unpaired) electrons. The molecule has 3 rings (SSSR count). The fraction of sp³-hybridized carbons (Fsp3) is 0.391. The quantitative estimate of drug-likeness (QED) is 0.528. The number of aliphatic carboxylic acids is 1. The van der Waals surface area contributed by atoms with Crippen molar-refractivity contribution in [1.29, 1.82) is 0 Å². The van der Waals surface area contributed by atoms with Crippen LogP contribution in [0.1, 0.15) is 31.5 Å². The van der Waals surface area contributed by atoms with Crippen LogP contribution in [0.4, 0.5) is 5.69 Å². The highest BCUT2D eigenvalue weighted by atomic mass is 79.9. The SMILES string of the molecule is COC(C)(CN=C1Nc2ccc(Br)cc2C(c2ccccn2)=N[C@H]1CC(C)C(=O)O)OC. The van der Waals surface area contributed by atoms with Crippen molar-refractivity contribution in [2.24, 2.45) is 15.9 Å². The van der Waals surface area contributed by atoms with E-state index in [1.54, 1.807) is 34.3 Å². The van der Waals surface area contributed by atoms with Gasteiger partial charge in [-0.05, 0) is 43.7 Å². The largest absolute Gasteiger partial charge is 0.481 e. The van der Waals surface area contributed by atoms with Crippen LogP contribution in [0.15, 0.2) is 57.1 Å². The second-order valence-corrected chi connectivity index (χ2v) is 8.66. The Bertz CT molecular complexity index is 1020. The molecule has 0 spiro atoms. The molecular formula is C23H27BrN4O4. The van der Waals surface area contributed by atoms with Crippen LogP contribution in [0.3, 0.4) is 0 Å². The van der Waals surface area contributed by atoms with Crippen molar-refractivity contribution >= 4 is 39.1 Å². The van der Waals surface area contributed by atoms with Crippen LogP contribution in [0.2, 0.25) is 0 Å². The third kappa shape index (κ3) is 5.59. The summed E-state index contributed by atoms with van der Waals surface area (Å²) in [5.41, 5.74) is 3.01. The van der Waals surface area contributed by atoms with Crippen molar-refractivity contribution in [3.05, 3.63) is 58.3 Å². The van der Waals surface area contributed by atoms with Crippen LogP contribution in [0, 0.1) is 5.92 Å². The van der Waals surface area contributed by atoms with Gasteiger partial charge in [0, 0.05) is 36.1 Å². The van der Waals surface area contributed by atoms with E-state index >= 15 is 0 Å². The summed E-state index contributed by atoms with van der Waals surface area (Å²) in [4.78, 5) is 25.8. The zero-order chi connectivity index (χ0) is 23.3. The highest BCUT2D eigenvalue weighted by Gasteiger charge is 2.30. The molecule has 2 heterocycles. The number of fused-ring (bicyclic) bond motifs is 1. The van der Waals surface area contributed by atoms with E-state index in [1.807, 2.05) is 36.4 Å². The van der Waals surface area contributed by atoms with Crippen molar-refractivity contribution in [1.82, 2.24) is 4.98 Å². The molecule has 2 aromatic rings. The van der Waals surface area contributed by atoms with Gasteiger partial charge in [0.2, 0.25) is 0 Å². The number of methoxy groups -OCH3 is 2. The first kappa shape index (κ1) is 24.0. The Morgan fingerprint density at radius 1 is 1.31 bits per heavy atom. The number of ether oxygens (including phenoxy) is 2. The van der Waals surface area contributed by atoms with E-state index in [4.69, 9.17) is 19.5 Å². The normalized spacial score (nSPS) is 18.3. The van der Waals surface area contributed by atoms with Gasteiger partial charge in [-0.3, -0.25) is 19.8 Å². The molecule has 1 unspecified atom stereocenters. The number of halogens is 1. The molecule has 0 saturated carbocycles.